The fraction of sp³-hybridized carbons (Fsp3) is 0.455. The maximum Gasteiger partial charge on any atom is 0.271 e. The minimum atomic E-state index is -0.635. The second kappa shape index (κ2) is 5.65. The molecule has 98 valence electrons. The van der Waals surface area contributed by atoms with Crippen LogP contribution >= 0.6 is 0 Å². The Hall–Kier alpha value is -1.86. The van der Waals surface area contributed by atoms with Gasteiger partial charge in [-0.25, -0.2) is 5.06 Å². The molecule has 7 nitrogen and oxygen atoms in total. The van der Waals surface area contributed by atoms with Crippen molar-refractivity contribution >= 4 is 11.8 Å². The van der Waals surface area contributed by atoms with Crippen LogP contribution in [0.5, 0.6) is 0 Å². The second-order valence-electron chi connectivity index (χ2n) is 3.85. The Morgan fingerprint density at radius 1 is 1.72 bits per heavy atom. The normalized spacial score (nSPS) is 19.3. The van der Waals surface area contributed by atoms with Gasteiger partial charge in [0, 0.05) is 19.5 Å². The van der Waals surface area contributed by atoms with Gasteiger partial charge in [0.15, 0.2) is 0 Å². The summed E-state index contributed by atoms with van der Waals surface area (Å²) in [5.74, 6) is -0.553. The van der Waals surface area contributed by atoms with Crippen molar-refractivity contribution in [3.8, 4) is 0 Å². The average Bonchev–Trinajstić information content (AvgIpc) is 2.99. The lowest BCUT2D eigenvalue weighted by Crippen LogP contribution is -2.43. The summed E-state index contributed by atoms with van der Waals surface area (Å²) in [6.07, 6.45) is 3.21. The van der Waals surface area contributed by atoms with Crippen LogP contribution in [-0.2, 0) is 14.4 Å². The van der Waals surface area contributed by atoms with Gasteiger partial charge in [-0.2, -0.15) is 0 Å². The molecule has 0 saturated carbocycles. The van der Waals surface area contributed by atoms with Gasteiger partial charge in [0.05, 0.1) is 18.7 Å². The van der Waals surface area contributed by atoms with Crippen molar-refractivity contribution < 1.29 is 19.2 Å². The number of H-pyrrole nitrogens is 1. The smallest absolute Gasteiger partial charge is 0.271 e. The standard InChI is InChI=1S/C11H15N3O4/c1-17-5-4-14-11(16)9(7-18-14)13-10(15)8-2-3-12-6-8/h2-3,6,9,12H,4-5,7H2,1H3,(H,13,15)/t9-/m1/s1. The highest BCUT2D eigenvalue weighted by molar-refractivity contribution is 5.97. The topological polar surface area (TPSA) is 83.7 Å². The van der Waals surface area contributed by atoms with E-state index in [0.29, 0.717) is 18.7 Å². The number of aromatic amines is 1. The van der Waals surface area contributed by atoms with Crippen LogP contribution < -0.4 is 5.32 Å². The highest BCUT2D eigenvalue weighted by atomic mass is 16.7. The van der Waals surface area contributed by atoms with Crippen molar-refractivity contribution in [3.63, 3.8) is 0 Å². The first-order valence-electron chi connectivity index (χ1n) is 5.59. The molecule has 1 aromatic heterocycles. The number of aromatic nitrogens is 1. The van der Waals surface area contributed by atoms with Gasteiger partial charge in [-0.3, -0.25) is 14.4 Å². The number of hydrogen-bond donors (Lipinski definition) is 2. The largest absolute Gasteiger partial charge is 0.383 e. The summed E-state index contributed by atoms with van der Waals surface area (Å²) in [5, 5.41) is 3.84. The van der Waals surface area contributed by atoms with Gasteiger partial charge in [-0.15, -0.1) is 0 Å². The third kappa shape index (κ3) is 2.69. The monoisotopic (exact) mass is 253 g/mol. The number of methoxy groups -OCH3 is 1. The van der Waals surface area contributed by atoms with Gasteiger partial charge in [0.25, 0.3) is 11.8 Å². The first kappa shape index (κ1) is 12.6. The van der Waals surface area contributed by atoms with Gasteiger partial charge in [-0.1, -0.05) is 0 Å². The molecule has 0 unspecified atom stereocenters. The van der Waals surface area contributed by atoms with Crippen LogP contribution in [0.25, 0.3) is 0 Å². The van der Waals surface area contributed by atoms with E-state index in [-0.39, 0.29) is 18.4 Å². The summed E-state index contributed by atoms with van der Waals surface area (Å²) in [6.45, 7) is 0.898. The van der Waals surface area contributed by atoms with E-state index < -0.39 is 6.04 Å². The number of nitrogens with one attached hydrogen (secondary N) is 2. The molecule has 7 heteroatoms. The molecule has 0 aliphatic carbocycles. The average molecular weight is 253 g/mol. The fourth-order valence-electron chi connectivity index (χ4n) is 1.63. The Balaban J connectivity index is 1.88. The van der Waals surface area contributed by atoms with Crippen molar-refractivity contribution in [1.29, 1.82) is 0 Å². The third-order valence-corrected chi connectivity index (χ3v) is 2.60. The van der Waals surface area contributed by atoms with E-state index in [0.717, 1.165) is 0 Å². The Labute approximate surface area is 104 Å². The predicted molar refractivity (Wildman–Crippen MR) is 61.6 cm³/mol. The molecule has 2 N–H and O–H groups in total. The zero-order valence-electron chi connectivity index (χ0n) is 10.0. The number of rotatable bonds is 5. The second-order valence-corrected chi connectivity index (χ2v) is 3.85. The number of ether oxygens (including phenoxy) is 1. The Morgan fingerprint density at radius 3 is 3.22 bits per heavy atom. The SMILES string of the molecule is COCCN1OC[C@@H](NC(=O)c2cc[nH]c2)C1=O. The Kier molecular flexibility index (Phi) is 3.96. The first-order valence-corrected chi connectivity index (χ1v) is 5.59. The molecule has 1 fully saturated rings. The molecular weight excluding hydrogens is 238 g/mol. The van der Waals surface area contributed by atoms with Crippen LogP contribution in [0.3, 0.4) is 0 Å². The highest BCUT2D eigenvalue weighted by Gasteiger charge is 2.34. The summed E-state index contributed by atoms with van der Waals surface area (Å²) < 4.78 is 4.86. The summed E-state index contributed by atoms with van der Waals surface area (Å²) in [4.78, 5) is 31.5. The number of amides is 2. The molecule has 0 radical (unpaired) electrons. The van der Waals surface area contributed by atoms with Crippen LogP contribution in [0.2, 0.25) is 0 Å². The van der Waals surface area contributed by atoms with E-state index in [2.05, 4.69) is 10.3 Å². The Bertz CT molecular complexity index is 418. The molecule has 1 saturated heterocycles. The summed E-state index contributed by atoms with van der Waals surface area (Å²) in [7, 11) is 1.55. The molecular formula is C11H15N3O4. The van der Waals surface area contributed by atoms with E-state index >= 15 is 0 Å². The predicted octanol–water partition coefficient (Wildman–Crippen LogP) is -0.467. The van der Waals surface area contributed by atoms with Crippen LogP contribution in [0.4, 0.5) is 0 Å². The number of hydroxylamine groups is 2. The third-order valence-electron chi connectivity index (χ3n) is 2.60. The molecule has 2 rings (SSSR count). The van der Waals surface area contributed by atoms with Crippen molar-refractivity contribution in [3.05, 3.63) is 24.0 Å². The van der Waals surface area contributed by atoms with Crippen LogP contribution in [0.1, 0.15) is 10.4 Å². The van der Waals surface area contributed by atoms with Crippen LogP contribution in [-0.4, -0.2) is 54.8 Å². The summed E-state index contributed by atoms with van der Waals surface area (Å²) in [5.41, 5.74) is 0.484. The minimum absolute atomic E-state index is 0.151. The van der Waals surface area contributed by atoms with E-state index in [1.165, 1.54) is 5.06 Å². The number of hydrogen-bond acceptors (Lipinski definition) is 4. The lowest BCUT2D eigenvalue weighted by atomic mass is 10.2. The van der Waals surface area contributed by atoms with Crippen molar-refractivity contribution in [1.82, 2.24) is 15.4 Å². The van der Waals surface area contributed by atoms with E-state index in [1.54, 1.807) is 25.6 Å². The summed E-state index contributed by atoms with van der Waals surface area (Å²) >= 11 is 0. The van der Waals surface area contributed by atoms with Crippen molar-refractivity contribution in [2.24, 2.45) is 0 Å². The molecule has 2 heterocycles. The zero-order chi connectivity index (χ0) is 13.0. The zero-order valence-corrected chi connectivity index (χ0v) is 10.0. The van der Waals surface area contributed by atoms with Gasteiger partial charge < -0.3 is 15.0 Å². The molecule has 2 amide bonds. The van der Waals surface area contributed by atoms with Crippen molar-refractivity contribution in [2.75, 3.05) is 26.9 Å². The quantitative estimate of drug-likeness (QED) is 0.743. The summed E-state index contributed by atoms with van der Waals surface area (Å²) in [6, 6.07) is 1.00. The van der Waals surface area contributed by atoms with Crippen LogP contribution in [0, 0.1) is 0 Å². The van der Waals surface area contributed by atoms with E-state index in [4.69, 9.17) is 9.57 Å². The first-order chi connectivity index (χ1) is 8.72. The van der Waals surface area contributed by atoms with E-state index in [1.807, 2.05) is 0 Å². The lowest BCUT2D eigenvalue weighted by Gasteiger charge is -2.13. The van der Waals surface area contributed by atoms with E-state index in [9.17, 15) is 9.59 Å². The number of carbonyl (C=O) groups is 2. The molecule has 1 aliphatic rings. The minimum Gasteiger partial charge on any atom is -0.383 e. The molecule has 0 aromatic carbocycles. The number of carbonyl (C=O) groups excluding carboxylic acids is 2. The van der Waals surface area contributed by atoms with Crippen LogP contribution in [0.15, 0.2) is 18.5 Å². The molecule has 1 atom stereocenters. The molecule has 1 aromatic rings. The fourth-order valence-corrected chi connectivity index (χ4v) is 1.63. The maximum absolute atomic E-state index is 11.8. The van der Waals surface area contributed by atoms with Gasteiger partial charge >= 0.3 is 0 Å². The lowest BCUT2D eigenvalue weighted by molar-refractivity contribution is -0.164. The number of nitrogens with zero attached hydrogens (tertiary/aromatic N) is 1. The highest BCUT2D eigenvalue weighted by Crippen LogP contribution is 2.08. The van der Waals surface area contributed by atoms with Gasteiger partial charge in [-0.05, 0) is 6.07 Å². The molecule has 18 heavy (non-hydrogen) atoms. The van der Waals surface area contributed by atoms with Gasteiger partial charge in [0.1, 0.15) is 12.6 Å². The molecule has 0 spiro atoms. The molecule has 0 bridgehead atoms. The van der Waals surface area contributed by atoms with Gasteiger partial charge in [0.2, 0.25) is 0 Å². The Morgan fingerprint density at radius 2 is 2.56 bits per heavy atom. The van der Waals surface area contributed by atoms with Crippen molar-refractivity contribution in [2.45, 2.75) is 6.04 Å². The maximum atomic E-state index is 11.8. The molecule has 1 aliphatic heterocycles.